The van der Waals surface area contributed by atoms with E-state index in [1.165, 1.54) is 6.07 Å². The first-order valence-electron chi connectivity index (χ1n) is 6.36. The molecule has 0 fully saturated rings. The van der Waals surface area contributed by atoms with Crippen LogP contribution in [0.25, 0.3) is 0 Å². The second-order valence-corrected chi connectivity index (χ2v) is 5.32. The first-order chi connectivity index (χ1) is 9.54. The second-order valence-electron chi connectivity index (χ2n) is 4.48. The second kappa shape index (κ2) is 6.47. The van der Waals surface area contributed by atoms with Gasteiger partial charge in [-0.2, -0.15) is 0 Å². The Morgan fingerprint density at radius 1 is 1.20 bits per heavy atom. The summed E-state index contributed by atoms with van der Waals surface area (Å²) in [5.74, 6) is 0.176. The summed E-state index contributed by atoms with van der Waals surface area (Å²) in [6.07, 6.45) is 0. The lowest BCUT2D eigenvalue weighted by Crippen LogP contribution is -2.02. The van der Waals surface area contributed by atoms with Crippen LogP contribution in [0.3, 0.4) is 0 Å². The van der Waals surface area contributed by atoms with Crippen molar-refractivity contribution in [2.24, 2.45) is 0 Å². The molecule has 0 radical (unpaired) electrons. The van der Waals surface area contributed by atoms with Crippen LogP contribution in [0, 0.1) is 12.7 Å². The molecule has 20 heavy (non-hydrogen) atoms. The highest BCUT2D eigenvalue weighted by molar-refractivity contribution is 6.31. The minimum absolute atomic E-state index is 0.0683. The zero-order chi connectivity index (χ0) is 14.7. The van der Waals surface area contributed by atoms with E-state index in [2.05, 4.69) is 0 Å². The Morgan fingerprint density at radius 3 is 2.65 bits per heavy atom. The van der Waals surface area contributed by atoms with Gasteiger partial charge < -0.3 is 4.74 Å². The topological polar surface area (TPSA) is 9.23 Å². The van der Waals surface area contributed by atoms with Crippen molar-refractivity contribution in [2.45, 2.75) is 19.2 Å². The first-order valence-corrected chi connectivity index (χ1v) is 7.17. The van der Waals surface area contributed by atoms with Gasteiger partial charge in [0.2, 0.25) is 0 Å². The van der Waals surface area contributed by atoms with Crippen LogP contribution in [0.2, 0.25) is 5.02 Å². The lowest BCUT2D eigenvalue weighted by atomic mass is 10.0. The van der Waals surface area contributed by atoms with E-state index in [9.17, 15) is 4.39 Å². The number of rotatable bonds is 4. The van der Waals surface area contributed by atoms with Gasteiger partial charge in [-0.25, -0.2) is 4.39 Å². The third-order valence-corrected chi connectivity index (χ3v) is 3.75. The fourth-order valence-corrected chi connectivity index (χ4v) is 2.56. The highest BCUT2D eigenvalue weighted by Gasteiger charge is 2.20. The van der Waals surface area contributed by atoms with Gasteiger partial charge in [0.1, 0.15) is 11.6 Å². The molecule has 0 aromatic heterocycles. The van der Waals surface area contributed by atoms with Crippen molar-refractivity contribution in [3.63, 3.8) is 0 Å². The molecule has 0 aliphatic rings. The van der Waals surface area contributed by atoms with Gasteiger partial charge in [0.15, 0.2) is 0 Å². The SMILES string of the molecule is CCOc1ccc(C)cc1C(Cl)c1cccc(Cl)c1F. The Balaban J connectivity index is 2.49. The lowest BCUT2D eigenvalue weighted by Gasteiger charge is -2.17. The summed E-state index contributed by atoms with van der Waals surface area (Å²) >= 11 is 12.3. The third-order valence-electron chi connectivity index (χ3n) is 2.99. The van der Waals surface area contributed by atoms with Gasteiger partial charge >= 0.3 is 0 Å². The van der Waals surface area contributed by atoms with E-state index in [0.717, 1.165) is 11.1 Å². The van der Waals surface area contributed by atoms with Crippen LogP contribution in [-0.2, 0) is 0 Å². The zero-order valence-corrected chi connectivity index (χ0v) is 12.8. The van der Waals surface area contributed by atoms with Crippen LogP contribution in [0.1, 0.15) is 29.0 Å². The zero-order valence-electron chi connectivity index (χ0n) is 11.3. The Labute approximate surface area is 128 Å². The number of hydrogen-bond acceptors (Lipinski definition) is 1. The summed E-state index contributed by atoms with van der Waals surface area (Å²) in [4.78, 5) is 0. The number of alkyl halides is 1. The maximum Gasteiger partial charge on any atom is 0.146 e. The molecule has 0 saturated heterocycles. The van der Waals surface area contributed by atoms with Gasteiger partial charge in [-0.3, -0.25) is 0 Å². The minimum Gasteiger partial charge on any atom is -0.494 e. The average Bonchev–Trinajstić information content (AvgIpc) is 2.43. The summed E-state index contributed by atoms with van der Waals surface area (Å²) < 4.78 is 19.7. The maximum atomic E-state index is 14.1. The predicted octanol–water partition coefficient (Wildman–Crippen LogP) is 5.51. The minimum atomic E-state index is -0.643. The van der Waals surface area contributed by atoms with Gasteiger partial charge in [-0.15, -0.1) is 11.6 Å². The molecule has 0 N–H and O–H groups in total. The Hall–Kier alpha value is -1.25. The van der Waals surface area contributed by atoms with Crippen molar-refractivity contribution in [1.29, 1.82) is 0 Å². The van der Waals surface area contributed by atoms with Crippen LogP contribution in [0.15, 0.2) is 36.4 Å². The maximum absolute atomic E-state index is 14.1. The van der Waals surface area contributed by atoms with E-state index < -0.39 is 11.2 Å². The summed E-state index contributed by atoms with van der Waals surface area (Å²) in [7, 11) is 0. The molecule has 0 heterocycles. The highest BCUT2D eigenvalue weighted by atomic mass is 35.5. The molecule has 106 valence electrons. The van der Waals surface area contributed by atoms with Crippen molar-refractivity contribution < 1.29 is 9.13 Å². The van der Waals surface area contributed by atoms with E-state index >= 15 is 0 Å². The molecule has 4 heteroatoms. The van der Waals surface area contributed by atoms with Crippen molar-refractivity contribution in [2.75, 3.05) is 6.61 Å². The van der Waals surface area contributed by atoms with E-state index in [-0.39, 0.29) is 5.02 Å². The largest absolute Gasteiger partial charge is 0.494 e. The monoisotopic (exact) mass is 312 g/mol. The Bertz CT molecular complexity index is 613. The van der Waals surface area contributed by atoms with Crippen LogP contribution in [0.4, 0.5) is 4.39 Å². The van der Waals surface area contributed by atoms with Crippen molar-refractivity contribution in [3.05, 3.63) is 63.9 Å². The van der Waals surface area contributed by atoms with E-state index in [4.69, 9.17) is 27.9 Å². The number of ether oxygens (including phenoxy) is 1. The van der Waals surface area contributed by atoms with Crippen LogP contribution < -0.4 is 4.74 Å². The molecule has 0 bridgehead atoms. The lowest BCUT2D eigenvalue weighted by molar-refractivity contribution is 0.336. The summed E-state index contributed by atoms with van der Waals surface area (Å²) in [6.45, 7) is 4.38. The fourth-order valence-electron chi connectivity index (χ4n) is 2.04. The van der Waals surface area contributed by atoms with E-state index in [1.807, 2.05) is 32.0 Å². The number of benzene rings is 2. The van der Waals surface area contributed by atoms with Crippen LogP contribution in [0.5, 0.6) is 5.75 Å². The molecule has 0 saturated carbocycles. The quantitative estimate of drug-likeness (QED) is 0.676. The van der Waals surface area contributed by atoms with Gasteiger partial charge in [0.05, 0.1) is 17.0 Å². The summed E-state index contributed by atoms with van der Waals surface area (Å²) in [6, 6.07) is 10.5. The highest BCUT2D eigenvalue weighted by Crippen LogP contribution is 2.38. The first kappa shape index (κ1) is 15.1. The van der Waals surface area contributed by atoms with Gasteiger partial charge in [-0.05, 0) is 26.0 Å². The number of hydrogen-bond donors (Lipinski definition) is 0. The van der Waals surface area contributed by atoms with Crippen molar-refractivity contribution in [3.8, 4) is 5.75 Å². The molecule has 1 unspecified atom stereocenters. The van der Waals surface area contributed by atoms with Crippen molar-refractivity contribution >= 4 is 23.2 Å². The summed E-state index contributed by atoms with van der Waals surface area (Å²) in [5, 5.41) is -0.575. The molecule has 0 aliphatic carbocycles. The molecule has 0 aliphatic heterocycles. The molecule has 2 aromatic carbocycles. The number of halogens is 3. The van der Waals surface area contributed by atoms with Gasteiger partial charge in [0.25, 0.3) is 0 Å². The molecule has 1 atom stereocenters. The smallest absolute Gasteiger partial charge is 0.146 e. The van der Waals surface area contributed by atoms with E-state index in [1.54, 1.807) is 12.1 Å². The van der Waals surface area contributed by atoms with Crippen LogP contribution >= 0.6 is 23.2 Å². The Kier molecular flexibility index (Phi) is 4.90. The van der Waals surface area contributed by atoms with Crippen LogP contribution in [-0.4, -0.2) is 6.61 Å². The normalized spacial score (nSPS) is 12.2. The molecule has 2 aromatic rings. The predicted molar refractivity (Wildman–Crippen MR) is 81.5 cm³/mol. The molecular formula is C16H15Cl2FO. The Morgan fingerprint density at radius 2 is 1.95 bits per heavy atom. The van der Waals surface area contributed by atoms with Gasteiger partial charge in [-0.1, -0.05) is 41.4 Å². The molecule has 0 spiro atoms. The molecule has 1 nitrogen and oxygen atoms in total. The fraction of sp³-hybridized carbons (Fsp3) is 0.250. The summed E-state index contributed by atoms with van der Waals surface area (Å²) in [5.41, 5.74) is 2.14. The number of aryl methyl sites for hydroxylation is 1. The molecular weight excluding hydrogens is 298 g/mol. The standard InChI is InChI=1S/C16H15Cl2FO/c1-3-20-14-8-7-10(2)9-12(14)15(18)11-5-4-6-13(17)16(11)19/h4-9,15H,3H2,1-2H3. The van der Waals surface area contributed by atoms with E-state index in [0.29, 0.717) is 17.9 Å². The third kappa shape index (κ3) is 3.08. The molecule has 2 rings (SSSR count). The molecule has 0 amide bonds. The van der Waals surface area contributed by atoms with Gasteiger partial charge in [0, 0.05) is 11.1 Å². The van der Waals surface area contributed by atoms with Crippen molar-refractivity contribution in [1.82, 2.24) is 0 Å². The average molecular weight is 313 g/mol.